The molecule has 0 aromatic heterocycles. The smallest absolute Gasteiger partial charge is 0.404 e. The molecule has 0 heterocycles. The van der Waals surface area contributed by atoms with Gasteiger partial charge in [-0.2, -0.15) is 0 Å². The van der Waals surface area contributed by atoms with Crippen molar-refractivity contribution < 1.29 is 40.0 Å². The maximum absolute atomic E-state index is 12.7. The van der Waals surface area contributed by atoms with Gasteiger partial charge in [0.05, 0.1) is 10.5 Å². The van der Waals surface area contributed by atoms with Crippen molar-refractivity contribution in [1.29, 1.82) is 0 Å². The molecule has 1 rings (SSSR count). The van der Waals surface area contributed by atoms with Crippen LogP contribution in [0, 0.1) is 10.1 Å². The van der Waals surface area contributed by atoms with E-state index in [0.717, 1.165) is 0 Å². The summed E-state index contributed by atoms with van der Waals surface area (Å²) in [7, 11) is -0.205. The van der Waals surface area contributed by atoms with Gasteiger partial charge in [-0.25, -0.2) is 17.2 Å². The van der Waals surface area contributed by atoms with Crippen LogP contribution in [0.1, 0.15) is 12.0 Å². The molecule has 0 unspecified atom stereocenters. The van der Waals surface area contributed by atoms with E-state index in [1.165, 1.54) is 0 Å². The maximum Gasteiger partial charge on any atom is 0.573 e. The molecule has 0 saturated heterocycles. The van der Waals surface area contributed by atoms with Gasteiger partial charge in [0.15, 0.2) is 5.75 Å². The minimum absolute atomic E-state index is 0.0668. The van der Waals surface area contributed by atoms with Gasteiger partial charge < -0.3 is 4.74 Å². The minimum Gasteiger partial charge on any atom is -0.404 e. The van der Waals surface area contributed by atoms with Crippen LogP contribution in [0.3, 0.4) is 0 Å². The Kier molecular flexibility index (Phi) is 4.63. The largest absolute Gasteiger partial charge is 0.573 e. The predicted molar refractivity (Wildman–Crippen MR) is 57.8 cm³/mol. The summed E-state index contributed by atoms with van der Waals surface area (Å²) in [5, 5.41) is 10.5. The number of non-ortho nitro benzene ring substituents is 1. The van der Waals surface area contributed by atoms with Gasteiger partial charge in [0.25, 0.3) is 21.2 Å². The summed E-state index contributed by atoms with van der Waals surface area (Å²) in [6.07, 6.45) is -9.17. The van der Waals surface area contributed by atoms with Crippen molar-refractivity contribution in [2.75, 3.05) is 0 Å². The summed E-state index contributed by atoms with van der Waals surface area (Å²) in [4.78, 5) is 7.66. The van der Waals surface area contributed by atoms with Crippen LogP contribution in [-0.4, -0.2) is 19.7 Å². The van der Waals surface area contributed by atoms with E-state index in [4.69, 9.17) is 10.7 Å². The molecule has 6 nitrogen and oxygen atoms in total. The first-order valence-corrected chi connectivity index (χ1v) is 6.94. The van der Waals surface area contributed by atoms with Crippen LogP contribution in [0.4, 0.5) is 27.6 Å². The Labute approximate surface area is 117 Å². The summed E-state index contributed by atoms with van der Waals surface area (Å²) in [6.45, 7) is 0. The first kappa shape index (κ1) is 17.4. The molecule has 0 aliphatic rings. The van der Waals surface area contributed by atoms with Crippen molar-refractivity contribution in [3.63, 3.8) is 0 Å². The Morgan fingerprint density at radius 3 is 2.14 bits per heavy atom. The Bertz CT molecular complexity index is 674. The molecule has 0 aliphatic carbocycles. The number of alkyl halides is 5. The summed E-state index contributed by atoms with van der Waals surface area (Å²) in [5.74, 6) is -1.81. The van der Waals surface area contributed by atoms with E-state index in [-0.39, 0.29) is 12.1 Å². The number of hydrogen-bond acceptors (Lipinski definition) is 5. The summed E-state index contributed by atoms with van der Waals surface area (Å²) >= 11 is 0. The Morgan fingerprint density at radius 2 is 1.81 bits per heavy atom. The quantitative estimate of drug-likeness (QED) is 0.358. The molecular formula is C8H3ClF5NO5S. The number of halogens is 6. The van der Waals surface area contributed by atoms with E-state index in [0.29, 0.717) is 0 Å². The Morgan fingerprint density at radius 1 is 1.29 bits per heavy atom. The molecule has 118 valence electrons. The highest BCUT2D eigenvalue weighted by atomic mass is 35.7. The predicted octanol–water partition coefficient (Wildman–Crippen LogP) is 3.36. The van der Waals surface area contributed by atoms with Crippen LogP contribution in [0.5, 0.6) is 5.75 Å². The van der Waals surface area contributed by atoms with Gasteiger partial charge in [0.2, 0.25) is 0 Å². The van der Waals surface area contributed by atoms with Gasteiger partial charge in [0.1, 0.15) is 4.90 Å². The topological polar surface area (TPSA) is 86.5 Å². The van der Waals surface area contributed by atoms with Crippen LogP contribution >= 0.6 is 10.7 Å². The lowest BCUT2D eigenvalue weighted by molar-refractivity contribution is -0.385. The van der Waals surface area contributed by atoms with Gasteiger partial charge in [-0.05, 0) is 0 Å². The second-order valence-corrected chi connectivity index (χ2v) is 5.94. The van der Waals surface area contributed by atoms with E-state index in [9.17, 15) is 40.5 Å². The molecule has 0 fully saturated rings. The number of nitro benzene ring substituents is 1. The fraction of sp³-hybridized carbons (Fsp3) is 0.250. The molecule has 0 radical (unpaired) electrons. The zero-order valence-corrected chi connectivity index (χ0v) is 11.0. The molecule has 0 saturated carbocycles. The van der Waals surface area contributed by atoms with Crippen molar-refractivity contribution >= 4 is 25.4 Å². The zero-order chi connectivity index (χ0) is 16.6. The lowest BCUT2D eigenvalue weighted by Crippen LogP contribution is -2.20. The van der Waals surface area contributed by atoms with E-state index in [2.05, 4.69) is 4.74 Å². The summed E-state index contributed by atoms with van der Waals surface area (Å²) in [6, 6.07) is 0.159. The molecule has 0 spiro atoms. The number of nitro groups is 1. The Hall–Kier alpha value is -1.69. The third kappa shape index (κ3) is 4.39. The average Bonchev–Trinajstić information content (AvgIpc) is 2.24. The van der Waals surface area contributed by atoms with Gasteiger partial charge >= 0.3 is 6.36 Å². The number of nitrogens with zero attached hydrogens (tertiary/aromatic N) is 1. The number of benzene rings is 1. The van der Waals surface area contributed by atoms with Crippen molar-refractivity contribution in [3.05, 3.63) is 27.8 Å². The maximum atomic E-state index is 12.7. The van der Waals surface area contributed by atoms with Gasteiger partial charge in [-0.3, -0.25) is 10.1 Å². The summed E-state index contributed by atoms with van der Waals surface area (Å²) in [5.41, 5.74) is -2.81. The van der Waals surface area contributed by atoms with Gasteiger partial charge in [0, 0.05) is 22.8 Å². The number of ether oxygens (including phenoxy) is 1. The highest BCUT2D eigenvalue weighted by Crippen LogP contribution is 2.41. The summed E-state index contributed by atoms with van der Waals surface area (Å²) < 4.78 is 87.4. The van der Waals surface area contributed by atoms with E-state index in [1.807, 2.05) is 0 Å². The number of rotatable bonds is 4. The first-order valence-electron chi connectivity index (χ1n) is 4.64. The van der Waals surface area contributed by atoms with Crippen LogP contribution in [-0.2, 0) is 9.05 Å². The molecule has 21 heavy (non-hydrogen) atoms. The van der Waals surface area contributed by atoms with Crippen molar-refractivity contribution in [3.8, 4) is 5.75 Å². The first-order chi connectivity index (χ1) is 9.33. The Balaban J connectivity index is 3.75. The highest BCUT2D eigenvalue weighted by molar-refractivity contribution is 8.13. The van der Waals surface area contributed by atoms with Gasteiger partial charge in [-0.1, -0.05) is 0 Å². The molecule has 0 atom stereocenters. The van der Waals surface area contributed by atoms with Crippen molar-refractivity contribution in [2.24, 2.45) is 0 Å². The minimum atomic E-state index is -5.50. The van der Waals surface area contributed by atoms with E-state index < -0.39 is 48.7 Å². The molecule has 13 heteroatoms. The second kappa shape index (κ2) is 5.60. The third-order valence-corrected chi connectivity index (χ3v) is 3.32. The zero-order valence-electron chi connectivity index (χ0n) is 9.40. The fourth-order valence-electron chi connectivity index (χ4n) is 1.28. The van der Waals surface area contributed by atoms with Crippen LogP contribution in [0.15, 0.2) is 17.0 Å². The van der Waals surface area contributed by atoms with Crippen molar-refractivity contribution in [1.82, 2.24) is 0 Å². The molecule has 0 bridgehead atoms. The van der Waals surface area contributed by atoms with Gasteiger partial charge in [-0.15, -0.1) is 13.2 Å². The lowest BCUT2D eigenvalue weighted by Gasteiger charge is -2.15. The highest BCUT2D eigenvalue weighted by Gasteiger charge is 2.38. The van der Waals surface area contributed by atoms with E-state index in [1.54, 1.807) is 0 Å². The average molecular weight is 356 g/mol. The SMILES string of the molecule is O=[N+]([O-])c1cc(C(F)F)c(OC(F)(F)F)c(S(=O)(=O)Cl)c1. The molecule has 1 aromatic rings. The molecule has 0 aliphatic heterocycles. The standard InChI is InChI=1S/C8H3ClF5NO5S/c9-21(18,19)5-2-3(15(16)17)1-4(7(10)11)6(5)20-8(12,13)14/h1-2,7H. The van der Waals surface area contributed by atoms with Crippen molar-refractivity contribution in [2.45, 2.75) is 17.7 Å². The van der Waals surface area contributed by atoms with Crippen LogP contribution in [0.2, 0.25) is 0 Å². The molecule has 1 aromatic carbocycles. The lowest BCUT2D eigenvalue weighted by atomic mass is 10.2. The molecule has 0 amide bonds. The fourth-order valence-corrected chi connectivity index (χ4v) is 2.27. The van der Waals surface area contributed by atoms with E-state index >= 15 is 0 Å². The normalized spacial score (nSPS) is 12.5. The molecule has 0 N–H and O–H groups in total. The monoisotopic (exact) mass is 355 g/mol. The third-order valence-electron chi connectivity index (χ3n) is 1.99. The number of hydrogen-bond donors (Lipinski definition) is 0. The van der Waals surface area contributed by atoms with Crippen LogP contribution < -0.4 is 4.74 Å². The second-order valence-electron chi connectivity index (χ2n) is 3.41. The van der Waals surface area contributed by atoms with Crippen LogP contribution in [0.25, 0.3) is 0 Å². The molecular weight excluding hydrogens is 353 g/mol.